The quantitative estimate of drug-likeness (QED) is 0.413. The molecule has 0 atom stereocenters. The fourth-order valence-electron chi connectivity index (χ4n) is 2.63. The summed E-state index contributed by atoms with van der Waals surface area (Å²) in [7, 11) is 0. The number of nitrogens with one attached hydrogen (secondary N) is 2. The summed E-state index contributed by atoms with van der Waals surface area (Å²) in [6.07, 6.45) is 7.30. The molecule has 1 aliphatic heterocycles. The molecule has 2 aromatic heterocycles. The summed E-state index contributed by atoms with van der Waals surface area (Å²) in [5.74, 6) is 1.17. The van der Waals surface area contributed by atoms with Gasteiger partial charge in [-0.15, -0.1) is 11.3 Å². The van der Waals surface area contributed by atoms with Crippen molar-refractivity contribution in [2.45, 2.75) is 26.2 Å². The van der Waals surface area contributed by atoms with E-state index >= 15 is 0 Å². The van der Waals surface area contributed by atoms with Crippen LogP contribution in [0.3, 0.4) is 0 Å². The highest BCUT2D eigenvalue weighted by Gasteiger charge is 2.16. The average molecular weight is 360 g/mol. The molecule has 132 valence electrons. The molecular weight excluding hydrogens is 340 g/mol. The van der Waals surface area contributed by atoms with Crippen LogP contribution in [-0.2, 0) is 4.79 Å². The molecule has 0 radical (unpaired) electrons. The number of thiazole rings is 1. The number of amides is 1. The van der Waals surface area contributed by atoms with E-state index in [4.69, 9.17) is 5.21 Å². The SMILES string of the molecule is Cc1cnc(Nc2cc(N3CCC=C(CCC(=O)NO)C3)ncn2)s1. The number of nitrogens with zero attached hydrogens (tertiary/aromatic N) is 4. The van der Waals surface area contributed by atoms with Crippen LogP contribution >= 0.6 is 11.3 Å². The van der Waals surface area contributed by atoms with Crippen LogP contribution in [0.1, 0.15) is 24.1 Å². The lowest BCUT2D eigenvalue weighted by atomic mass is 10.0. The lowest BCUT2D eigenvalue weighted by Gasteiger charge is -2.28. The minimum Gasteiger partial charge on any atom is -0.352 e. The maximum absolute atomic E-state index is 11.2. The second-order valence-electron chi connectivity index (χ2n) is 5.77. The molecule has 3 rings (SSSR count). The first-order chi connectivity index (χ1) is 12.1. The van der Waals surface area contributed by atoms with E-state index in [0.717, 1.165) is 28.8 Å². The molecule has 0 aliphatic carbocycles. The lowest BCUT2D eigenvalue weighted by molar-refractivity contribution is -0.129. The molecule has 0 saturated heterocycles. The number of carbonyl (C=O) groups excluding carboxylic acids is 1. The Hall–Kier alpha value is -2.52. The molecule has 3 N–H and O–H groups in total. The number of aryl methyl sites for hydroxylation is 1. The van der Waals surface area contributed by atoms with Crippen LogP contribution < -0.4 is 15.7 Å². The summed E-state index contributed by atoms with van der Waals surface area (Å²) in [5, 5.41) is 12.6. The molecule has 3 heterocycles. The van der Waals surface area contributed by atoms with Gasteiger partial charge in [0.15, 0.2) is 5.13 Å². The molecule has 8 nitrogen and oxygen atoms in total. The topological polar surface area (TPSA) is 103 Å². The van der Waals surface area contributed by atoms with Crippen LogP contribution in [0.5, 0.6) is 0 Å². The van der Waals surface area contributed by atoms with Gasteiger partial charge in [0.25, 0.3) is 0 Å². The van der Waals surface area contributed by atoms with Crippen LogP contribution in [0.15, 0.2) is 30.2 Å². The van der Waals surface area contributed by atoms with Crippen molar-refractivity contribution in [3.8, 4) is 0 Å². The van der Waals surface area contributed by atoms with E-state index in [1.165, 1.54) is 11.9 Å². The molecule has 0 bridgehead atoms. The molecular formula is C16H20N6O2S. The minimum absolute atomic E-state index is 0.274. The van der Waals surface area contributed by atoms with Crippen molar-refractivity contribution in [1.29, 1.82) is 0 Å². The van der Waals surface area contributed by atoms with Gasteiger partial charge in [-0.05, 0) is 19.8 Å². The standard InChI is InChI=1S/C16H20N6O2S/c1-11-8-17-16(25-11)20-13-7-14(19-10-18-13)22-6-2-3-12(9-22)4-5-15(23)21-24/h3,7-8,10,24H,2,4-6,9H2,1H3,(H,21,23)(H,17,18,19,20). The number of anilines is 3. The Morgan fingerprint density at radius 2 is 2.28 bits per heavy atom. The Bertz CT molecular complexity index is 775. The molecule has 0 aromatic carbocycles. The van der Waals surface area contributed by atoms with E-state index in [0.29, 0.717) is 18.8 Å². The summed E-state index contributed by atoms with van der Waals surface area (Å²) in [5.41, 5.74) is 2.83. The van der Waals surface area contributed by atoms with E-state index in [2.05, 4.69) is 31.2 Å². The van der Waals surface area contributed by atoms with E-state index < -0.39 is 0 Å². The largest absolute Gasteiger partial charge is 0.352 e. The van der Waals surface area contributed by atoms with Gasteiger partial charge in [-0.2, -0.15) is 0 Å². The molecule has 0 fully saturated rings. The Balaban J connectivity index is 1.64. The summed E-state index contributed by atoms with van der Waals surface area (Å²) in [4.78, 5) is 27.4. The average Bonchev–Trinajstić information content (AvgIpc) is 3.05. The van der Waals surface area contributed by atoms with Crippen molar-refractivity contribution in [2.75, 3.05) is 23.3 Å². The number of hydrogen-bond donors (Lipinski definition) is 3. The number of rotatable bonds is 6. The van der Waals surface area contributed by atoms with Gasteiger partial charge in [0.2, 0.25) is 5.91 Å². The first-order valence-corrected chi connectivity index (χ1v) is 8.83. The zero-order valence-corrected chi connectivity index (χ0v) is 14.7. The monoisotopic (exact) mass is 360 g/mol. The van der Waals surface area contributed by atoms with Crippen molar-refractivity contribution in [1.82, 2.24) is 20.4 Å². The first kappa shape index (κ1) is 17.3. The predicted molar refractivity (Wildman–Crippen MR) is 96.2 cm³/mol. The molecule has 9 heteroatoms. The van der Waals surface area contributed by atoms with Crippen LogP contribution in [0.25, 0.3) is 0 Å². The predicted octanol–water partition coefficient (Wildman–Crippen LogP) is 2.41. The van der Waals surface area contributed by atoms with Gasteiger partial charge < -0.3 is 10.2 Å². The maximum atomic E-state index is 11.2. The van der Waals surface area contributed by atoms with Crippen molar-refractivity contribution in [2.24, 2.45) is 0 Å². The Labute approximate surface area is 149 Å². The lowest BCUT2D eigenvalue weighted by Crippen LogP contribution is -2.31. The fraction of sp³-hybridized carbons (Fsp3) is 0.375. The highest BCUT2D eigenvalue weighted by atomic mass is 32.1. The second kappa shape index (κ2) is 8.04. The van der Waals surface area contributed by atoms with Gasteiger partial charge in [-0.1, -0.05) is 11.6 Å². The minimum atomic E-state index is -0.370. The maximum Gasteiger partial charge on any atom is 0.243 e. The molecule has 25 heavy (non-hydrogen) atoms. The number of hydroxylamine groups is 1. The summed E-state index contributed by atoms with van der Waals surface area (Å²) < 4.78 is 0. The molecule has 1 amide bonds. The Morgan fingerprint density at radius 3 is 3.04 bits per heavy atom. The van der Waals surface area contributed by atoms with E-state index in [1.807, 2.05) is 19.2 Å². The van der Waals surface area contributed by atoms with Gasteiger partial charge in [0, 0.05) is 36.7 Å². The zero-order valence-electron chi connectivity index (χ0n) is 13.9. The number of aromatic nitrogens is 3. The van der Waals surface area contributed by atoms with E-state index in [1.54, 1.807) is 16.8 Å². The molecule has 0 spiro atoms. The summed E-state index contributed by atoms with van der Waals surface area (Å²) in [6, 6.07) is 1.90. The third kappa shape index (κ3) is 4.74. The Kier molecular flexibility index (Phi) is 5.56. The molecule has 2 aromatic rings. The number of carbonyl (C=O) groups is 1. The summed E-state index contributed by atoms with van der Waals surface area (Å²) >= 11 is 1.57. The third-order valence-corrected chi connectivity index (χ3v) is 4.68. The van der Waals surface area contributed by atoms with Gasteiger partial charge in [-0.25, -0.2) is 20.4 Å². The van der Waals surface area contributed by atoms with Crippen LogP contribution in [-0.4, -0.2) is 39.2 Å². The summed E-state index contributed by atoms with van der Waals surface area (Å²) in [6.45, 7) is 3.58. The van der Waals surface area contributed by atoms with Crippen molar-refractivity contribution in [3.05, 3.63) is 35.1 Å². The molecule has 1 aliphatic rings. The fourth-order valence-corrected chi connectivity index (χ4v) is 3.30. The normalized spacial score (nSPS) is 14.2. The Morgan fingerprint density at radius 1 is 1.40 bits per heavy atom. The van der Waals surface area contributed by atoms with Crippen molar-refractivity contribution in [3.63, 3.8) is 0 Å². The molecule has 0 unspecified atom stereocenters. The molecule has 0 saturated carbocycles. The van der Waals surface area contributed by atoms with Crippen molar-refractivity contribution >= 4 is 34.0 Å². The van der Waals surface area contributed by atoms with E-state index in [9.17, 15) is 4.79 Å². The van der Waals surface area contributed by atoms with Gasteiger partial charge >= 0.3 is 0 Å². The highest BCUT2D eigenvalue weighted by Crippen LogP contribution is 2.24. The van der Waals surface area contributed by atoms with Gasteiger partial charge in [0.1, 0.15) is 18.0 Å². The third-order valence-electron chi connectivity index (χ3n) is 3.86. The van der Waals surface area contributed by atoms with Crippen LogP contribution in [0.4, 0.5) is 16.8 Å². The smallest absolute Gasteiger partial charge is 0.243 e. The van der Waals surface area contributed by atoms with E-state index in [-0.39, 0.29) is 12.3 Å². The first-order valence-electron chi connectivity index (χ1n) is 8.01. The van der Waals surface area contributed by atoms with Crippen LogP contribution in [0, 0.1) is 6.92 Å². The highest BCUT2D eigenvalue weighted by molar-refractivity contribution is 7.15. The number of hydrogen-bond acceptors (Lipinski definition) is 8. The van der Waals surface area contributed by atoms with Crippen molar-refractivity contribution < 1.29 is 10.0 Å². The zero-order chi connectivity index (χ0) is 17.6. The second-order valence-corrected chi connectivity index (χ2v) is 7.00. The van der Waals surface area contributed by atoms with Gasteiger partial charge in [-0.3, -0.25) is 10.0 Å². The van der Waals surface area contributed by atoms with Crippen LogP contribution in [0.2, 0.25) is 0 Å². The van der Waals surface area contributed by atoms with Gasteiger partial charge in [0.05, 0.1) is 0 Å².